The van der Waals surface area contributed by atoms with Crippen LogP contribution in [0.4, 0.5) is 22.0 Å². The Morgan fingerprint density at radius 2 is 1.75 bits per heavy atom. The van der Waals surface area contributed by atoms with Crippen molar-refractivity contribution in [3.05, 3.63) is 29.6 Å². The SMILES string of the molecule is Fc1nccc(C(F)(F)F)c1F. The van der Waals surface area contributed by atoms with Gasteiger partial charge in [-0.3, -0.25) is 0 Å². The van der Waals surface area contributed by atoms with Gasteiger partial charge in [-0.25, -0.2) is 9.37 Å². The third kappa shape index (κ3) is 1.51. The zero-order chi connectivity index (χ0) is 9.35. The predicted molar refractivity (Wildman–Crippen MR) is 29.2 cm³/mol. The van der Waals surface area contributed by atoms with Gasteiger partial charge in [-0.05, 0) is 6.07 Å². The molecule has 0 N–H and O–H groups in total. The lowest BCUT2D eigenvalue weighted by molar-refractivity contribution is -0.140. The van der Waals surface area contributed by atoms with E-state index < -0.39 is 23.5 Å². The average molecular weight is 183 g/mol. The fourth-order valence-corrected chi connectivity index (χ4v) is 0.637. The molecule has 0 saturated heterocycles. The molecule has 0 amide bonds. The maximum atomic E-state index is 12.3. The Labute approximate surface area is 63.8 Å². The van der Waals surface area contributed by atoms with Gasteiger partial charge in [-0.15, -0.1) is 0 Å². The van der Waals surface area contributed by atoms with Crippen molar-refractivity contribution >= 4 is 0 Å². The van der Waals surface area contributed by atoms with E-state index in [1.807, 2.05) is 0 Å². The highest BCUT2D eigenvalue weighted by atomic mass is 19.4. The summed E-state index contributed by atoms with van der Waals surface area (Å²) in [5.41, 5.74) is -1.64. The topological polar surface area (TPSA) is 12.9 Å². The molecule has 0 fully saturated rings. The molecule has 6 heteroatoms. The van der Waals surface area contributed by atoms with Gasteiger partial charge in [0.05, 0.1) is 5.56 Å². The molecule has 1 rings (SSSR count). The number of pyridine rings is 1. The Kier molecular flexibility index (Phi) is 1.99. The van der Waals surface area contributed by atoms with E-state index in [4.69, 9.17) is 0 Å². The quantitative estimate of drug-likeness (QED) is 0.444. The van der Waals surface area contributed by atoms with Gasteiger partial charge in [0.25, 0.3) is 0 Å². The molecule has 1 heterocycles. The van der Waals surface area contributed by atoms with Gasteiger partial charge < -0.3 is 0 Å². The number of hydrogen-bond donors (Lipinski definition) is 0. The Bertz CT molecular complexity index is 292. The van der Waals surface area contributed by atoms with E-state index in [1.165, 1.54) is 0 Å². The zero-order valence-corrected chi connectivity index (χ0v) is 5.49. The molecular formula is C6H2F5N. The van der Waals surface area contributed by atoms with E-state index in [-0.39, 0.29) is 0 Å². The van der Waals surface area contributed by atoms with Crippen molar-refractivity contribution in [1.82, 2.24) is 4.98 Å². The molecule has 0 atom stereocenters. The minimum Gasteiger partial charge on any atom is -0.226 e. The van der Waals surface area contributed by atoms with Crippen molar-refractivity contribution in [2.45, 2.75) is 6.18 Å². The molecule has 1 aromatic rings. The summed E-state index contributed by atoms with van der Waals surface area (Å²) in [6.45, 7) is 0. The number of hydrogen-bond acceptors (Lipinski definition) is 1. The van der Waals surface area contributed by atoms with Crippen LogP contribution in [0.15, 0.2) is 12.3 Å². The van der Waals surface area contributed by atoms with Crippen LogP contribution in [0.5, 0.6) is 0 Å². The van der Waals surface area contributed by atoms with Gasteiger partial charge in [0.2, 0.25) is 5.95 Å². The van der Waals surface area contributed by atoms with Crippen molar-refractivity contribution in [2.24, 2.45) is 0 Å². The second-order valence-corrected chi connectivity index (χ2v) is 1.96. The first-order chi connectivity index (χ1) is 5.43. The number of halogens is 5. The van der Waals surface area contributed by atoms with Crippen LogP contribution < -0.4 is 0 Å². The molecule has 12 heavy (non-hydrogen) atoms. The largest absolute Gasteiger partial charge is 0.419 e. The molecule has 0 aliphatic rings. The highest BCUT2D eigenvalue weighted by Gasteiger charge is 2.35. The molecular weight excluding hydrogens is 181 g/mol. The standard InChI is InChI=1S/C6H2F5N/c7-4-3(6(9,10)11)1-2-12-5(4)8/h1-2H. The van der Waals surface area contributed by atoms with Crippen molar-refractivity contribution in [2.75, 3.05) is 0 Å². The fraction of sp³-hybridized carbons (Fsp3) is 0.167. The van der Waals surface area contributed by atoms with Crippen LogP contribution in [0, 0.1) is 11.8 Å². The lowest BCUT2D eigenvalue weighted by atomic mass is 10.2. The number of alkyl halides is 3. The van der Waals surface area contributed by atoms with Crippen LogP contribution in [0.3, 0.4) is 0 Å². The van der Waals surface area contributed by atoms with E-state index >= 15 is 0 Å². The van der Waals surface area contributed by atoms with Gasteiger partial charge in [-0.1, -0.05) is 0 Å². The first-order valence-electron chi connectivity index (χ1n) is 2.80. The van der Waals surface area contributed by atoms with Gasteiger partial charge in [0.15, 0.2) is 5.82 Å². The van der Waals surface area contributed by atoms with Gasteiger partial charge in [-0.2, -0.15) is 17.6 Å². The van der Waals surface area contributed by atoms with Crippen molar-refractivity contribution in [3.63, 3.8) is 0 Å². The monoisotopic (exact) mass is 183 g/mol. The van der Waals surface area contributed by atoms with E-state index in [0.29, 0.717) is 12.3 Å². The van der Waals surface area contributed by atoms with Gasteiger partial charge >= 0.3 is 6.18 Å². The maximum Gasteiger partial charge on any atom is 0.419 e. The van der Waals surface area contributed by atoms with Crippen molar-refractivity contribution in [1.29, 1.82) is 0 Å². The van der Waals surface area contributed by atoms with Crippen LogP contribution in [0.1, 0.15) is 5.56 Å². The summed E-state index contributed by atoms with van der Waals surface area (Å²) in [5.74, 6) is -3.71. The number of nitrogens with zero attached hydrogens (tertiary/aromatic N) is 1. The summed E-state index contributed by atoms with van der Waals surface area (Å²) in [6.07, 6.45) is -4.32. The minimum atomic E-state index is -4.88. The van der Waals surface area contributed by atoms with E-state index in [9.17, 15) is 22.0 Å². The van der Waals surface area contributed by atoms with Gasteiger partial charge in [0, 0.05) is 6.20 Å². The van der Waals surface area contributed by atoms with Crippen molar-refractivity contribution < 1.29 is 22.0 Å². The Morgan fingerprint density at radius 3 is 2.17 bits per heavy atom. The van der Waals surface area contributed by atoms with Crippen LogP contribution in [-0.2, 0) is 6.18 Å². The summed E-state index contributed by atoms with van der Waals surface area (Å²) >= 11 is 0. The zero-order valence-electron chi connectivity index (χ0n) is 5.49. The van der Waals surface area contributed by atoms with Crippen LogP contribution >= 0.6 is 0 Å². The second-order valence-electron chi connectivity index (χ2n) is 1.96. The Morgan fingerprint density at radius 1 is 1.17 bits per heavy atom. The molecule has 1 nitrogen and oxygen atoms in total. The molecule has 0 saturated carbocycles. The smallest absolute Gasteiger partial charge is 0.226 e. The Hall–Kier alpha value is -1.20. The first kappa shape index (κ1) is 8.89. The summed E-state index contributed by atoms with van der Waals surface area (Å²) in [6, 6.07) is 0.373. The van der Waals surface area contributed by atoms with E-state index in [2.05, 4.69) is 4.98 Å². The number of rotatable bonds is 0. The molecule has 0 aromatic carbocycles. The Balaban J connectivity index is 3.26. The fourth-order valence-electron chi connectivity index (χ4n) is 0.637. The third-order valence-corrected chi connectivity index (χ3v) is 1.15. The third-order valence-electron chi connectivity index (χ3n) is 1.15. The predicted octanol–water partition coefficient (Wildman–Crippen LogP) is 2.38. The summed E-state index contributed by atoms with van der Waals surface area (Å²) in [7, 11) is 0. The first-order valence-corrected chi connectivity index (χ1v) is 2.80. The second kappa shape index (κ2) is 2.69. The van der Waals surface area contributed by atoms with Crippen LogP contribution in [0.25, 0.3) is 0 Å². The van der Waals surface area contributed by atoms with Crippen LogP contribution in [-0.4, -0.2) is 4.98 Å². The summed E-state index contributed by atoms with van der Waals surface area (Å²) in [4.78, 5) is 2.71. The van der Waals surface area contributed by atoms with Crippen molar-refractivity contribution in [3.8, 4) is 0 Å². The maximum absolute atomic E-state index is 12.3. The normalized spacial score (nSPS) is 11.8. The molecule has 0 unspecified atom stereocenters. The minimum absolute atomic E-state index is 0.373. The average Bonchev–Trinajstić information content (AvgIpc) is 1.92. The molecule has 66 valence electrons. The number of aromatic nitrogens is 1. The highest BCUT2D eigenvalue weighted by Crippen LogP contribution is 2.31. The molecule has 0 radical (unpaired) electrons. The molecule has 0 aliphatic carbocycles. The van der Waals surface area contributed by atoms with Crippen LogP contribution in [0.2, 0.25) is 0 Å². The molecule has 0 spiro atoms. The summed E-state index contributed by atoms with van der Waals surface area (Å²) < 4.78 is 59.8. The van der Waals surface area contributed by atoms with Gasteiger partial charge in [0.1, 0.15) is 0 Å². The highest BCUT2D eigenvalue weighted by molar-refractivity contribution is 5.16. The lowest BCUT2D eigenvalue weighted by Gasteiger charge is -2.06. The van der Waals surface area contributed by atoms with E-state index in [0.717, 1.165) is 0 Å². The summed E-state index contributed by atoms with van der Waals surface area (Å²) in [5, 5.41) is 0. The molecule has 0 bridgehead atoms. The van der Waals surface area contributed by atoms with E-state index in [1.54, 1.807) is 0 Å². The molecule has 0 aliphatic heterocycles. The lowest BCUT2D eigenvalue weighted by Crippen LogP contribution is -2.10. The molecule has 1 aromatic heterocycles.